The van der Waals surface area contributed by atoms with Crippen LogP contribution in [0.5, 0.6) is 0 Å². The number of alkyl halides is 1. The molecule has 0 saturated heterocycles. The molecule has 0 fully saturated rings. The number of hydrogen-bond acceptors (Lipinski definition) is 2. The van der Waals surface area contributed by atoms with Crippen molar-refractivity contribution in [3.8, 4) is 0 Å². The van der Waals surface area contributed by atoms with Crippen molar-refractivity contribution in [3.05, 3.63) is 29.6 Å². The Morgan fingerprint density at radius 2 is 2.10 bits per heavy atom. The van der Waals surface area contributed by atoms with Crippen molar-refractivity contribution in [2.45, 2.75) is 31.7 Å². The first-order chi connectivity index (χ1) is 9.32. The van der Waals surface area contributed by atoms with E-state index in [9.17, 15) is 13.6 Å². The Morgan fingerprint density at radius 1 is 1.45 bits per heavy atom. The zero-order valence-electron chi connectivity index (χ0n) is 11.0. The maximum atomic E-state index is 14.0. The predicted octanol–water partition coefficient (Wildman–Crippen LogP) is 3.05. The van der Waals surface area contributed by atoms with Crippen LogP contribution in [0.2, 0.25) is 0 Å². The average molecular weight is 302 g/mol. The Morgan fingerprint density at radius 3 is 2.65 bits per heavy atom. The van der Waals surface area contributed by atoms with Crippen LogP contribution in [-0.2, 0) is 4.79 Å². The van der Waals surface area contributed by atoms with Gasteiger partial charge in [-0.1, -0.05) is 0 Å². The molecule has 0 saturated carbocycles. The third-order valence-electron chi connectivity index (χ3n) is 3.06. The summed E-state index contributed by atoms with van der Waals surface area (Å²) < 4.78 is 28.9. The van der Waals surface area contributed by atoms with E-state index in [4.69, 9.17) is 17.3 Å². The molecule has 0 spiro atoms. The lowest BCUT2D eigenvalue weighted by Crippen LogP contribution is -2.19. The molecular formula is C13H14ClF2N3O. The molecule has 0 aliphatic rings. The lowest BCUT2D eigenvalue weighted by molar-refractivity contribution is -0.118. The largest absolute Gasteiger partial charge is 0.370 e. The van der Waals surface area contributed by atoms with Gasteiger partial charge in [0.25, 0.3) is 0 Å². The third kappa shape index (κ3) is 2.47. The number of aromatic nitrogens is 2. The number of amides is 1. The molecule has 20 heavy (non-hydrogen) atoms. The molecule has 7 heteroatoms. The summed E-state index contributed by atoms with van der Waals surface area (Å²) in [5.41, 5.74) is 5.46. The maximum Gasteiger partial charge on any atom is 0.219 e. The molecule has 0 bridgehead atoms. The van der Waals surface area contributed by atoms with Gasteiger partial charge >= 0.3 is 0 Å². The normalized spacial score (nSPS) is 14.4. The molecule has 4 nitrogen and oxygen atoms in total. The Balaban J connectivity index is 2.73. The van der Waals surface area contributed by atoms with Gasteiger partial charge in [-0.05, 0) is 26.0 Å². The number of carbonyl (C=O) groups is 1. The SMILES string of the molecule is CC(Cl)c1nc2ccc(F)c(F)c2n1C(C)CC(N)=O. The second-order valence-electron chi connectivity index (χ2n) is 4.70. The van der Waals surface area contributed by atoms with Gasteiger partial charge in [-0.25, -0.2) is 13.8 Å². The first-order valence-corrected chi connectivity index (χ1v) is 6.54. The summed E-state index contributed by atoms with van der Waals surface area (Å²) in [7, 11) is 0. The molecule has 2 N–H and O–H groups in total. The minimum atomic E-state index is -1.00. The summed E-state index contributed by atoms with van der Waals surface area (Å²) in [5, 5.41) is -0.514. The van der Waals surface area contributed by atoms with Crippen molar-refractivity contribution in [2.24, 2.45) is 5.73 Å². The molecule has 2 atom stereocenters. The second kappa shape index (κ2) is 5.36. The standard InChI is InChI=1S/C13H14ClF2N3O/c1-6(5-10(17)20)19-12-9(18-13(19)7(2)14)4-3-8(15)11(12)16/h3-4,6-7H,5H2,1-2H3,(H2,17,20). The van der Waals surface area contributed by atoms with Gasteiger partial charge in [0.1, 0.15) is 11.3 Å². The highest BCUT2D eigenvalue weighted by Gasteiger charge is 2.23. The number of primary amides is 1. The zero-order chi connectivity index (χ0) is 15.0. The lowest BCUT2D eigenvalue weighted by atomic mass is 10.2. The molecule has 0 aliphatic heterocycles. The third-order valence-corrected chi connectivity index (χ3v) is 3.26. The summed E-state index contributed by atoms with van der Waals surface area (Å²) in [6.45, 7) is 3.35. The van der Waals surface area contributed by atoms with E-state index in [-0.39, 0.29) is 11.9 Å². The number of benzene rings is 1. The molecule has 1 amide bonds. The first-order valence-electron chi connectivity index (χ1n) is 6.11. The number of rotatable bonds is 4. The van der Waals surface area contributed by atoms with Gasteiger partial charge in [0, 0.05) is 12.5 Å². The van der Waals surface area contributed by atoms with Crippen LogP contribution in [0.3, 0.4) is 0 Å². The number of nitrogens with two attached hydrogens (primary N) is 1. The van der Waals surface area contributed by atoms with Crippen LogP contribution >= 0.6 is 11.6 Å². The topological polar surface area (TPSA) is 60.9 Å². The number of nitrogens with zero attached hydrogens (tertiary/aromatic N) is 2. The van der Waals surface area contributed by atoms with Crippen LogP contribution in [-0.4, -0.2) is 15.5 Å². The fourth-order valence-corrected chi connectivity index (χ4v) is 2.40. The lowest BCUT2D eigenvalue weighted by Gasteiger charge is -2.17. The Hall–Kier alpha value is -1.69. The average Bonchev–Trinajstić information content (AvgIpc) is 2.73. The van der Waals surface area contributed by atoms with Crippen LogP contribution in [0.15, 0.2) is 12.1 Å². The van der Waals surface area contributed by atoms with E-state index in [1.807, 2.05) is 0 Å². The van der Waals surface area contributed by atoms with Crippen LogP contribution in [0.4, 0.5) is 8.78 Å². The van der Waals surface area contributed by atoms with Gasteiger partial charge in [0.05, 0.1) is 10.9 Å². The summed E-state index contributed by atoms with van der Waals surface area (Å²) in [6, 6.07) is 1.92. The van der Waals surface area contributed by atoms with E-state index >= 15 is 0 Å². The van der Waals surface area contributed by atoms with E-state index in [0.717, 1.165) is 6.07 Å². The van der Waals surface area contributed by atoms with Gasteiger partial charge in [-0.2, -0.15) is 0 Å². The van der Waals surface area contributed by atoms with Gasteiger partial charge in [-0.15, -0.1) is 11.6 Å². The number of imidazole rings is 1. The molecule has 2 unspecified atom stereocenters. The van der Waals surface area contributed by atoms with E-state index in [0.29, 0.717) is 11.3 Å². The van der Waals surface area contributed by atoms with Gasteiger partial charge < -0.3 is 10.3 Å². The van der Waals surface area contributed by atoms with Crippen molar-refractivity contribution in [2.75, 3.05) is 0 Å². The molecule has 0 aliphatic carbocycles. The highest BCUT2D eigenvalue weighted by atomic mass is 35.5. The number of hydrogen-bond donors (Lipinski definition) is 1. The number of fused-ring (bicyclic) bond motifs is 1. The molecule has 1 aromatic heterocycles. The Bertz CT molecular complexity index is 669. The minimum absolute atomic E-state index is 0.00116. The van der Waals surface area contributed by atoms with Crippen LogP contribution < -0.4 is 5.73 Å². The van der Waals surface area contributed by atoms with Crippen LogP contribution in [0, 0.1) is 11.6 Å². The summed E-state index contributed by atoms with van der Waals surface area (Å²) in [4.78, 5) is 15.3. The number of halogens is 3. The van der Waals surface area contributed by atoms with Crippen molar-refractivity contribution in [1.29, 1.82) is 0 Å². The highest BCUT2D eigenvalue weighted by Crippen LogP contribution is 2.31. The second-order valence-corrected chi connectivity index (χ2v) is 5.36. The van der Waals surface area contributed by atoms with Gasteiger partial charge in [0.15, 0.2) is 11.6 Å². The van der Waals surface area contributed by atoms with Gasteiger partial charge in [-0.3, -0.25) is 4.79 Å². The monoisotopic (exact) mass is 301 g/mol. The quantitative estimate of drug-likeness (QED) is 0.882. The smallest absolute Gasteiger partial charge is 0.219 e. The summed E-state index contributed by atoms with van der Waals surface area (Å²) in [6.07, 6.45) is -0.0159. The first kappa shape index (κ1) is 14.7. The predicted molar refractivity (Wildman–Crippen MR) is 72.4 cm³/mol. The van der Waals surface area contributed by atoms with Crippen molar-refractivity contribution < 1.29 is 13.6 Å². The van der Waals surface area contributed by atoms with Crippen LogP contribution in [0.1, 0.15) is 37.5 Å². The van der Waals surface area contributed by atoms with Crippen molar-refractivity contribution >= 4 is 28.5 Å². The highest BCUT2D eigenvalue weighted by molar-refractivity contribution is 6.20. The minimum Gasteiger partial charge on any atom is -0.370 e. The van der Waals surface area contributed by atoms with Crippen molar-refractivity contribution in [3.63, 3.8) is 0 Å². The Labute approximate surface area is 119 Å². The van der Waals surface area contributed by atoms with E-state index in [1.54, 1.807) is 13.8 Å². The number of carbonyl (C=O) groups excluding carboxylic acids is 1. The molecule has 108 valence electrons. The molecular weight excluding hydrogens is 288 g/mol. The van der Waals surface area contributed by atoms with E-state index in [1.165, 1.54) is 10.6 Å². The van der Waals surface area contributed by atoms with Gasteiger partial charge in [0.2, 0.25) is 5.91 Å². The molecule has 1 aromatic carbocycles. The zero-order valence-corrected chi connectivity index (χ0v) is 11.8. The molecule has 0 radical (unpaired) electrons. The van der Waals surface area contributed by atoms with Crippen molar-refractivity contribution in [1.82, 2.24) is 9.55 Å². The summed E-state index contributed by atoms with van der Waals surface area (Å²) in [5.74, 6) is -2.14. The fourth-order valence-electron chi connectivity index (χ4n) is 2.25. The summed E-state index contributed by atoms with van der Waals surface area (Å²) >= 11 is 6.04. The van der Waals surface area contributed by atoms with E-state index < -0.39 is 29.0 Å². The Kier molecular flexibility index (Phi) is 3.94. The molecule has 2 rings (SSSR count). The maximum absolute atomic E-state index is 14.0. The molecule has 1 heterocycles. The molecule has 2 aromatic rings. The fraction of sp³-hybridized carbons (Fsp3) is 0.385. The van der Waals surface area contributed by atoms with E-state index in [2.05, 4.69) is 4.98 Å². The van der Waals surface area contributed by atoms with Crippen LogP contribution in [0.25, 0.3) is 11.0 Å².